The van der Waals surface area contributed by atoms with Crippen molar-refractivity contribution in [1.82, 2.24) is 31.1 Å². The third kappa shape index (κ3) is 19.6. The Balaban J connectivity index is 0.000000280. The van der Waals surface area contributed by atoms with Crippen LogP contribution in [-0.4, -0.2) is 148 Å². The Kier molecular flexibility index (Phi) is 25.4. The summed E-state index contributed by atoms with van der Waals surface area (Å²) in [5.74, 6) is -3.24. The molecule has 91 heavy (non-hydrogen) atoms. The number of isocyanates is 1. The first-order valence-electron chi connectivity index (χ1n) is 32.0. The van der Waals surface area contributed by atoms with Crippen LogP contribution in [-0.2, 0) is 61.0 Å². The summed E-state index contributed by atoms with van der Waals surface area (Å²) >= 11 is 0. The molecule has 22 nitrogen and oxygen atoms in total. The summed E-state index contributed by atoms with van der Waals surface area (Å²) < 4.78 is 11.3. The van der Waals surface area contributed by atoms with Gasteiger partial charge in [-0.15, -0.1) is 12.4 Å². The number of likely N-dealkylation sites (tertiary alicyclic amines) is 2. The fraction of sp³-hybridized carbons (Fsp3) is 0.691. The Morgan fingerprint density at radius 1 is 0.659 bits per heavy atom. The van der Waals surface area contributed by atoms with Crippen molar-refractivity contribution in [3.8, 4) is 0 Å². The number of Topliss-reactive ketones (excluding diaryl/α,β-unsaturated/α-hetero) is 1. The van der Waals surface area contributed by atoms with Crippen LogP contribution >= 0.6 is 12.4 Å². The summed E-state index contributed by atoms with van der Waals surface area (Å²) in [4.78, 5) is 121. The number of piperidine rings is 2. The van der Waals surface area contributed by atoms with Gasteiger partial charge in [-0.1, -0.05) is 168 Å². The molecule has 6 aliphatic rings. The minimum absolute atomic E-state index is 0. The van der Waals surface area contributed by atoms with E-state index in [2.05, 4.69) is 54.0 Å². The number of nitrogens with two attached hydrogens (primary N) is 3. The van der Waals surface area contributed by atoms with E-state index in [0.29, 0.717) is 51.7 Å². The maximum absolute atomic E-state index is 14.2. The van der Waals surface area contributed by atoms with Gasteiger partial charge in [-0.25, -0.2) is 9.59 Å². The molecular formula is C68H105ClN10O12. The number of urea groups is 1. The molecule has 2 aromatic carbocycles. The molecule has 11 N–H and O–H groups in total. The highest BCUT2D eigenvalue weighted by Gasteiger charge is 2.71. The minimum Gasteiger partial charge on any atom is -0.381 e. The van der Waals surface area contributed by atoms with Crippen molar-refractivity contribution in [1.29, 1.82) is 0 Å². The van der Waals surface area contributed by atoms with Crippen LogP contribution in [0.2, 0.25) is 0 Å². The zero-order valence-corrected chi connectivity index (χ0v) is 56.9. The van der Waals surface area contributed by atoms with Crippen LogP contribution in [0.25, 0.3) is 0 Å². The van der Waals surface area contributed by atoms with Gasteiger partial charge in [-0.05, 0) is 109 Å². The van der Waals surface area contributed by atoms with Gasteiger partial charge in [0, 0.05) is 13.1 Å². The Morgan fingerprint density at radius 3 is 1.53 bits per heavy atom. The zero-order chi connectivity index (χ0) is 67.1. The average molecular weight is 1290 g/mol. The molecule has 23 heteroatoms. The van der Waals surface area contributed by atoms with Crippen LogP contribution < -0.4 is 38.5 Å². The number of aliphatic imine (C=N–C) groups is 1. The molecule has 6 fully saturated rings. The van der Waals surface area contributed by atoms with Gasteiger partial charge in [-0.3, -0.25) is 33.6 Å². The normalized spacial score (nSPS) is 23.6. The van der Waals surface area contributed by atoms with Gasteiger partial charge in [0.2, 0.25) is 41.4 Å². The van der Waals surface area contributed by atoms with E-state index < -0.39 is 93.8 Å². The van der Waals surface area contributed by atoms with E-state index in [4.69, 9.17) is 26.7 Å². The SMILES string of the molecule is CC(C)(COCc1ccccc1)N=C=O.CC(C)(COCc1ccccc1)NC(=O)N[C@H](C(=O)N1CC2C([C@H]1C(=O)NC(CC1CCC1)C(=O)C(N)=O)C2(C)C)C(C)(C)C.CC1(C)C2CN(C(=O)[C@@H](N)C(C)(C)C)[C@H](C(=O)NC(CC3CCC3)C(O)C(N)=O)C21.Cl. The van der Waals surface area contributed by atoms with Crippen molar-refractivity contribution >= 4 is 65.7 Å². The first kappa shape index (κ1) is 75.4. The number of hydrogen-bond donors (Lipinski definition) is 8. The molecular weight excluding hydrogens is 1180 g/mol. The molecule has 7 unspecified atom stereocenters. The van der Waals surface area contributed by atoms with Crippen molar-refractivity contribution in [2.45, 2.75) is 215 Å². The molecule has 2 heterocycles. The third-order valence-electron chi connectivity index (χ3n) is 19.5. The molecule has 506 valence electrons. The number of ketones is 1. The molecule has 4 aliphatic carbocycles. The molecule has 0 aromatic heterocycles. The van der Waals surface area contributed by atoms with Gasteiger partial charge in [-0.2, -0.15) is 4.99 Å². The van der Waals surface area contributed by atoms with Gasteiger partial charge in [0.05, 0.1) is 55.6 Å². The third-order valence-corrected chi connectivity index (χ3v) is 19.5. The van der Waals surface area contributed by atoms with Gasteiger partial charge >= 0.3 is 6.03 Å². The maximum atomic E-state index is 14.2. The fourth-order valence-corrected chi connectivity index (χ4v) is 13.2. The summed E-state index contributed by atoms with van der Waals surface area (Å²) in [6.45, 7) is 29.5. The van der Waals surface area contributed by atoms with E-state index in [1.54, 1.807) is 15.9 Å². The number of benzene rings is 2. The van der Waals surface area contributed by atoms with E-state index in [1.165, 1.54) is 0 Å². The number of carbonyl (C=O) groups is 8. The molecule has 8 amide bonds. The highest BCUT2D eigenvalue weighted by molar-refractivity contribution is 6.37. The molecule has 0 radical (unpaired) electrons. The van der Waals surface area contributed by atoms with Crippen LogP contribution in [0.1, 0.15) is 159 Å². The molecule has 8 rings (SSSR count). The minimum atomic E-state index is -1.44. The topological polar surface area (TPSA) is 337 Å². The second kappa shape index (κ2) is 30.6. The van der Waals surface area contributed by atoms with Crippen LogP contribution in [0.3, 0.4) is 0 Å². The van der Waals surface area contributed by atoms with Crippen molar-refractivity contribution < 1.29 is 57.7 Å². The Labute approximate surface area is 544 Å². The van der Waals surface area contributed by atoms with Crippen LogP contribution in [0, 0.1) is 57.2 Å². The molecule has 2 saturated heterocycles. The fourth-order valence-electron chi connectivity index (χ4n) is 13.2. The van der Waals surface area contributed by atoms with Gasteiger partial charge in [0.25, 0.3) is 5.91 Å². The number of primary amides is 2. The second-order valence-corrected chi connectivity index (χ2v) is 30.7. The van der Waals surface area contributed by atoms with Crippen molar-refractivity contribution in [3.63, 3.8) is 0 Å². The summed E-state index contributed by atoms with van der Waals surface area (Å²) in [7, 11) is 0. The number of ether oxygens (including phenoxy) is 2. The van der Waals surface area contributed by atoms with Crippen molar-refractivity contribution in [2.24, 2.45) is 79.4 Å². The van der Waals surface area contributed by atoms with E-state index in [-0.39, 0.29) is 77.2 Å². The first-order valence-corrected chi connectivity index (χ1v) is 32.0. The standard InChI is InChI=1S/C34H51N5O6.C22H38N4O4.C12H15NO2.ClH/c1-32(2,3)27(37-31(44)38-33(4,5)19-45-18-21-12-9-8-10-13-21)30(43)39-17-22-24(34(22,6)7)25(39)29(42)36-23(26(40)28(35)41)16-20-14-11-15-20;1-21(2,3)17(23)20(30)26-10-12-14(22(12,4)5)15(26)19(29)25-13(16(27)18(24)28)9-11-7-6-8-11;1-12(2,13-10-14)9-15-8-11-6-4-3-5-7-11;/h8-10,12-13,20,22-25,27H,11,14-19H2,1-7H3,(H2,35,41)(H,36,42)(H2,37,38,44);11-17,27H,6-10,23H2,1-5H3,(H2,24,28)(H,25,29);3-7H,8-9H2,1-2H3;1H/t22?,23?,24?,25-,27+;12?,13?,14?,15-,16?,17+;;/m00../s1. The molecule has 0 spiro atoms. The second-order valence-electron chi connectivity index (χ2n) is 30.7. The number of aliphatic hydroxyl groups excluding tert-OH is 1. The monoisotopic (exact) mass is 1290 g/mol. The number of rotatable bonds is 25. The molecule has 2 aliphatic heterocycles. The predicted molar refractivity (Wildman–Crippen MR) is 348 cm³/mol. The molecule has 0 bridgehead atoms. The lowest BCUT2D eigenvalue weighted by atomic mass is 9.79. The predicted octanol–water partition coefficient (Wildman–Crippen LogP) is 6.01. The quantitative estimate of drug-likeness (QED) is 0.0321. The lowest BCUT2D eigenvalue weighted by Gasteiger charge is -2.38. The molecule has 11 atom stereocenters. The molecule has 2 aromatic rings. The number of nitrogens with one attached hydrogen (secondary N) is 4. The summed E-state index contributed by atoms with van der Waals surface area (Å²) in [5, 5.41) is 21.8. The molecule has 4 saturated carbocycles. The van der Waals surface area contributed by atoms with Gasteiger partial charge in [0.1, 0.15) is 18.1 Å². The Morgan fingerprint density at radius 2 is 1.11 bits per heavy atom. The van der Waals surface area contributed by atoms with Crippen LogP contribution in [0.15, 0.2) is 65.7 Å². The van der Waals surface area contributed by atoms with E-state index in [0.717, 1.165) is 49.7 Å². The first-order chi connectivity index (χ1) is 41.8. The average Bonchev–Trinajstić information content (AvgIpc) is 1.54. The summed E-state index contributed by atoms with van der Waals surface area (Å²) in [6.07, 6.45) is 7.03. The highest BCUT2D eigenvalue weighted by atomic mass is 35.5. The number of fused-ring (bicyclic) bond motifs is 2. The number of aliphatic hydroxyl groups is 1. The zero-order valence-electron chi connectivity index (χ0n) is 56.1. The highest BCUT2D eigenvalue weighted by Crippen LogP contribution is 2.66. The van der Waals surface area contributed by atoms with E-state index in [1.807, 2.05) is 130 Å². The van der Waals surface area contributed by atoms with Gasteiger partial charge in [0.15, 0.2) is 6.10 Å². The number of amides is 8. The lowest BCUT2D eigenvalue weighted by molar-refractivity contribution is -0.145. The Hall–Kier alpha value is -6.29. The number of halogens is 1. The van der Waals surface area contributed by atoms with Crippen molar-refractivity contribution in [3.05, 3.63) is 71.8 Å². The number of carbonyl (C=O) groups excluding carboxylic acids is 9. The smallest absolute Gasteiger partial charge is 0.315 e. The van der Waals surface area contributed by atoms with Crippen LogP contribution in [0.4, 0.5) is 4.79 Å². The van der Waals surface area contributed by atoms with Gasteiger partial charge < -0.3 is 62.8 Å². The van der Waals surface area contributed by atoms with Crippen LogP contribution in [0.5, 0.6) is 0 Å². The lowest BCUT2D eigenvalue weighted by Crippen LogP contribution is -2.62. The number of nitrogens with zero attached hydrogens (tertiary/aromatic N) is 3. The summed E-state index contributed by atoms with van der Waals surface area (Å²) in [5.41, 5.74) is 16.5. The largest absolute Gasteiger partial charge is 0.381 e. The number of hydrogen-bond acceptors (Lipinski definition) is 14. The van der Waals surface area contributed by atoms with Crippen molar-refractivity contribution in [2.75, 3.05) is 26.3 Å². The van der Waals surface area contributed by atoms with E-state index in [9.17, 15) is 48.3 Å². The van der Waals surface area contributed by atoms with E-state index >= 15 is 0 Å². The maximum Gasteiger partial charge on any atom is 0.315 e. The summed E-state index contributed by atoms with van der Waals surface area (Å²) in [6, 6.07) is 14.2. The Bertz CT molecular complexity index is 2920.